The number of aryl methyl sites for hydroxylation is 1. The van der Waals surface area contributed by atoms with E-state index in [1.165, 1.54) is 0 Å². The van der Waals surface area contributed by atoms with Crippen molar-refractivity contribution in [2.24, 2.45) is 5.73 Å². The van der Waals surface area contributed by atoms with Crippen molar-refractivity contribution in [3.63, 3.8) is 0 Å². The fourth-order valence-electron chi connectivity index (χ4n) is 1.72. The first-order valence-electron chi connectivity index (χ1n) is 4.23. The summed E-state index contributed by atoms with van der Waals surface area (Å²) >= 11 is 0. The molecule has 4 heteroatoms. The molecule has 0 fully saturated rings. The van der Waals surface area contributed by atoms with E-state index < -0.39 is 6.17 Å². The summed E-state index contributed by atoms with van der Waals surface area (Å²) in [4.78, 5) is 0. The summed E-state index contributed by atoms with van der Waals surface area (Å²) in [6, 6.07) is 0. The Balaban J connectivity index is 2.33. The van der Waals surface area contributed by atoms with Crippen molar-refractivity contribution in [1.82, 2.24) is 10.2 Å². The lowest BCUT2D eigenvalue weighted by molar-refractivity contribution is 0.342. The second kappa shape index (κ2) is 2.86. The van der Waals surface area contributed by atoms with Crippen LogP contribution in [0.5, 0.6) is 0 Å². The van der Waals surface area contributed by atoms with E-state index in [1.807, 2.05) is 0 Å². The molecule has 0 bridgehead atoms. The maximum atomic E-state index is 13.1. The van der Waals surface area contributed by atoms with Crippen LogP contribution in [-0.2, 0) is 12.8 Å². The summed E-state index contributed by atoms with van der Waals surface area (Å²) in [5, 5.41) is 6.78. The number of alkyl halides is 1. The lowest BCUT2D eigenvalue weighted by Gasteiger charge is -2.01. The Morgan fingerprint density at radius 2 is 2.42 bits per heavy atom. The molecule has 1 aliphatic rings. The molecule has 1 unspecified atom stereocenters. The maximum absolute atomic E-state index is 13.1. The Bertz CT molecular complexity index is 282. The van der Waals surface area contributed by atoms with Crippen LogP contribution in [0.1, 0.15) is 29.5 Å². The summed E-state index contributed by atoms with van der Waals surface area (Å²) in [5.74, 6) is 0. The minimum atomic E-state index is -1.09. The van der Waals surface area contributed by atoms with Gasteiger partial charge in [-0.1, -0.05) is 0 Å². The van der Waals surface area contributed by atoms with Crippen LogP contribution in [0, 0.1) is 0 Å². The van der Waals surface area contributed by atoms with Gasteiger partial charge in [0.05, 0.1) is 0 Å². The number of rotatable bonds is 2. The normalized spacial score (nSPS) is 17.8. The Morgan fingerprint density at radius 1 is 1.58 bits per heavy atom. The third-order valence-electron chi connectivity index (χ3n) is 2.34. The van der Waals surface area contributed by atoms with Gasteiger partial charge >= 0.3 is 0 Å². The van der Waals surface area contributed by atoms with Crippen molar-refractivity contribution in [1.29, 1.82) is 0 Å². The topological polar surface area (TPSA) is 54.7 Å². The number of hydrogen-bond donors (Lipinski definition) is 2. The number of halogens is 1. The average molecular weight is 169 g/mol. The number of fused-ring (bicyclic) bond motifs is 1. The van der Waals surface area contributed by atoms with Gasteiger partial charge in [0.25, 0.3) is 0 Å². The number of hydrogen-bond acceptors (Lipinski definition) is 2. The molecule has 0 spiro atoms. The third kappa shape index (κ3) is 1.03. The van der Waals surface area contributed by atoms with Gasteiger partial charge in [-0.3, -0.25) is 5.10 Å². The van der Waals surface area contributed by atoms with Gasteiger partial charge in [-0.05, 0) is 24.8 Å². The molecule has 12 heavy (non-hydrogen) atoms. The summed E-state index contributed by atoms with van der Waals surface area (Å²) < 4.78 is 13.1. The van der Waals surface area contributed by atoms with E-state index in [1.54, 1.807) is 0 Å². The molecule has 1 atom stereocenters. The van der Waals surface area contributed by atoms with Crippen LogP contribution in [0.2, 0.25) is 0 Å². The zero-order chi connectivity index (χ0) is 8.55. The van der Waals surface area contributed by atoms with Crippen LogP contribution < -0.4 is 5.73 Å². The second-order valence-corrected chi connectivity index (χ2v) is 3.12. The first-order valence-corrected chi connectivity index (χ1v) is 4.23. The van der Waals surface area contributed by atoms with Crippen molar-refractivity contribution < 1.29 is 4.39 Å². The lowest BCUT2D eigenvalue weighted by Crippen LogP contribution is -2.09. The number of nitrogens with zero attached hydrogens (tertiary/aromatic N) is 1. The molecular formula is C8H12FN3. The lowest BCUT2D eigenvalue weighted by atomic mass is 10.1. The molecule has 2 rings (SSSR count). The highest BCUT2D eigenvalue weighted by Crippen LogP contribution is 2.27. The number of nitrogens with one attached hydrogen (secondary N) is 1. The molecule has 0 radical (unpaired) electrons. The number of aromatic nitrogens is 2. The van der Waals surface area contributed by atoms with E-state index >= 15 is 0 Å². The van der Waals surface area contributed by atoms with E-state index in [4.69, 9.17) is 5.73 Å². The van der Waals surface area contributed by atoms with Crippen LogP contribution in [-0.4, -0.2) is 16.7 Å². The van der Waals surface area contributed by atoms with Gasteiger partial charge in [0.2, 0.25) is 0 Å². The van der Waals surface area contributed by atoms with E-state index in [-0.39, 0.29) is 6.54 Å². The molecule has 1 aliphatic carbocycles. The first kappa shape index (κ1) is 7.73. The predicted octanol–water partition coefficient (Wildman–Crippen LogP) is 0.868. The second-order valence-electron chi connectivity index (χ2n) is 3.12. The molecule has 1 aromatic rings. The van der Waals surface area contributed by atoms with E-state index in [0.29, 0.717) is 5.69 Å². The van der Waals surface area contributed by atoms with Crippen molar-refractivity contribution in [2.45, 2.75) is 25.4 Å². The molecule has 66 valence electrons. The minimum absolute atomic E-state index is 0.0251. The Kier molecular flexibility index (Phi) is 1.84. The van der Waals surface area contributed by atoms with E-state index in [2.05, 4.69) is 10.2 Å². The van der Waals surface area contributed by atoms with E-state index in [9.17, 15) is 4.39 Å². The Morgan fingerprint density at radius 3 is 3.17 bits per heavy atom. The molecule has 0 saturated heterocycles. The summed E-state index contributed by atoms with van der Waals surface area (Å²) in [6.45, 7) is 0.0251. The SMILES string of the molecule is NCC(F)c1n[nH]c2c1CCC2. The highest BCUT2D eigenvalue weighted by atomic mass is 19.1. The largest absolute Gasteiger partial charge is 0.327 e. The fourth-order valence-corrected chi connectivity index (χ4v) is 1.72. The molecule has 1 heterocycles. The molecule has 3 nitrogen and oxygen atoms in total. The average Bonchev–Trinajstić information content (AvgIpc) is 2.62. The molecule has 3 N–H and O–H groups in total. The smallest absolute Gasteiger partial charge is 0.156 e. The quantitative estimate of drug-likeness (QED) is 0.690. The maximum Gasteiger partial charge on any atom is 0.156 e. The monoisotopic (exact) mass is 169 g/mol. The van der Waals surface area contributed by atoms with Crippen molar-refractivity contribution >= 4 is 0 Å². The van der Waals surface area contributed by atoms with Crippen molar-refractivity contribution in [3.8, 4) is 0 Å². The van der Waals surface area contributed by atoms with Gasteiger partial charge in [-0.2, -0.15) is 5.10 Å². The van der Waals surface area contributed by atoms with E-state index in [0.717, 1.165) is 30.5 Å². The van der Waals surface area contributed by atoms with Gasteiger partial charge in [-0.15, -0.1) is 0 Å². The van der Waals surface area contributed by atoms with Crippen LogP contribution in [0.15, 0.2) is 0 Å². The molecule has 0 aliphatic heterocycles. The van der Waals surface area contributed by atoms with Crippen LogP contribution in [0.4, 0.5) is 4.39 Å². The fraction of sp³-hybridized carbons (Fsp3) is 0.625. The molecule has 0 amide bonds. The zero-order valence-corrected chi connectivity index (χ0v) is 6.81. The number of H-pyrrole nitrogens is 1. The molecule has 1 aromatic heterocycles. The third-order valence-corrected chi connectivity index (χ3v) is 2.34. The van der Waals surface area contributed by atoms with Gasteiger partial charge < -0.3 is 5.73 Å². The standard InChI is InChI=1S/C8H12FN3/c9-6(4-10)8-5-2-1-3-7(5)11-12-8/h6H,1-4,10H2,(H,11,12). The van der Waals surface area contributed by atoms with Crippen LogP contribution >= 0.6 is 0 Å². The van der Waals surface area contributed by atoms with Crippen molar-refractivity contribution in [3.05, 3.63) is 17.0 Å². The highest BCUT2D eigenvalue weighted by Gasteiger charge is 2.22. The summed E-state index contributed by atoms with van der Waals surface area (Å²) in [6.07, 6.45) is 1.96. The predicted molar refractivity (Wildman–Crippen MR) is 43.5 cm³/mol. The van der Waals surface area contributed by atoms with Crippen LogP contribution in [0.3, 0.4) is 0 Å². The minimum Gasteiger partial charge on any atom is -0.327 e. The first-order chi connectivity index (χ1) is 5.83. The summed E-state index contributed by atoms with van der Waals surface area (Å²) in [5.41, 5.74) is 7.92. The van der Waals surface area contributed by atoms with Gasteiger partial charge in [0.15, 0.2) is 6.17 Å². The van der Waals surface area contributed by atoms with Gasteiger partial charge in [0.1, 0.15) is 5.69 Å². The highest BCUT2D eigenvalue weighted by molar-refractivity contribution is 5.30. The Labute approximate surface area is 70.2 Å². The van der Waals surface area contributed by atoms with Gasteiger partial charge in [0, 0.05) is 12.2 Å². The van der Waals surface area contributed by atoms with Crippen molar-refractivity contribution in [2.75, 3.05) is 6.54 Å². The molecule has 0 aromatic carbocycles. The number of nitrogens with two attached hydrogens (primary N) is 1. The molecule has 0 saturated carbocycles. The van der Waals surface area contributed by atoms with Crippen LogP contribution in [0.25, 0.3) is 0 Å². The Hall–Kier alpha value is -0.900. The zero-order valence-electron chi connectivity index (χ0n) is 6.81. The summed E-state index contributed by atoms with van der Waals surface area (Å²) in [7, 11) is 0. The number of aromatic amines is 1. The van der Waals surface area contributed by atoms with Gasteiger partial charge in [-0.25, -0.2) is 4.39 Å². The molecular weight excluding hydrogens is 157 g/mol.